The molecule has 0 bridgehead atoms. The zero-order valence-electron chi connectivity index (χ0n) is 23.2. The Labute approximate surface area is 264 Å². The van der Waals surface area contributed by atoms with E-state index in [-0.39, 0.29) is 48.0 Å². The molecule has 2 atom stereocenters. The van der Waals surface area contributed by atoms with Gasteiger partial charge in [-0.05, 0) is 11.1 Å². The minimum atomic E-state index is 0. The van der Waals surface area contributed by atoms with Crippen LogP contribution in [0.3, 0.4) is 0 Å². The van der Waals surface area contributed by atoms with Crippen molar-refractivity contribution in [1.29, 1.82) is 0 Å². The highest BCUT2D eigenvalue weighted by Gasteiger charge is 2.36. The van der Waals surface area contributed by atoms with Gasteiger partial charge in [-0.1, -0.05) is 121 Å². The summed E-state index contributed by atoms with van der Waals surface area (Å²) in [6, 6.07) is 44.9. The van der Waals surface area contributed by atoms with Crippen molar-refractivity contribution in [3.63, 3.8) is 0 Å². The number of halogens is 2. The third-order valence-electron chi connectivity index (χ3n) is 7.85. The lowest BCUT2D eigenvalue weighted by Gasteiger charge is -2.44. The van der Waals surface area contributed by atoms with Crippen LogP contribution in [-0.4, -0.2) is 50.2 Å². The lowest BCUT2D eigenvalue weighted by atomic mass is 9.94. The molecule has 38 heavy (non-hydrogen) atoms. The molecule has 4 heteroatoms. The maximum absolute atomic E-state index is 2.41. The van der Waals surface area contributed by atoms with Gasteiger partial charge in [-0.25, -0.2) is 0 Å². The molecule has 0 saturated heterocycles. The summed E-state index contributed by atoms with van der Waals surface area (Å²) in [5.74, 6) is 0. The predicted octanol–water partition coefficient (Wildman–Crippen LogP) is 1.12. The Bertz CT molecular complexity index is 1080. The summed E-state index contributed by atoms with van der Waals surface area (Å²) in [4.78, 5) is 0. The van der Waals surface area contributed by atoms with Crippen LogP contribution in [0.2, 0.25) is 0 Å². The number of quaternary nitrogens is 2. The smallest absolute Gasteiger partial charge is 0.129 e. The summed E-state index contributed by atoms with van der Waals surface area (Å²) in [6.07, 6.45) is 2.08. The number of hydrogen-bond acceptors (Lipinski definition) is 0. The molecule has 0 radical (unpaired) electrons. The van der Waals surface area contributed by atoms with Crippen molar-refractivity contribution in [1.82, 2.24) is 0 Å². The number of nitrogens with zero attached hydrogens (tertiary/aromatic N) is 2. The largest absolute Gasteiger partial charge is 1.00 e. The van der Waals surface area contributed by atoms with Crippen LogP contribution < -0.4 is 48.0 Å². The zero-order chi connectivity index (χ0) is 25.4. The Balaban J connectivity index is 0.00000253. The highest BCUT2D eigenvalue weighted by atomic mass is 127. The van der Waals surface area contributed by atoms with E-state index in [0.29, 0.717) is 12.1 Å². The standard InChI is InChI=1S/C34H42N2.2HI/c1-35(2,33(31-21-13-7-14-22-31)27-29-17-9-5-10-18-29)25-26-36(3,4)34(32-23-15-8-16-24-32)28-30-19-11-6-12-20-30;;/h5-24,33-34H,25-28H2,1-4H3;2*1H/q+2;;/p-2. The van der Waals surface area contributed by atoms with Gasteiger partial charge in [0, 0.05) is 24.0 Å². The van der Waals surface area contributed by atoms with Crippen LogP contribution in [-0.2, 0) is 12.8 Å². The molecule has 0 heterocycles. The fraction of sp³-hybridized carbons (Fsp3) is 0.294. The first-order valence-corrected chi connectivity index (χ1v) is 13.2. The molecule has 2 nitrogen and oxygen atoms in total. The van der Waals surface area contributed by atoms with Crippen LogP contribution in [0.5, 0.6) is 0 Å². The second-order valence-electron chi connectivity index (χ2n) is 11.2. The van der Waals surface area contributed by atoms with Gasteiger partial charge in [-0.15, -0.1) is 0 Å². The topological polar surface area (TPSA) is 0 Å². The lowest BCUT2D eigenvalue weighted by Crippen LogP contribution is -3.00. The van der Waals surface area contributed by atoms with Crippen LogP contribution in [0, 0.1) is 0 Å². The summed E-state index contributed by atoms with van der Waals surface area (Å²) in [6.45, 7) is 2.19. The first-order valence-electron chi connectivity index (χ1n) is 13.2. The van der Waals surface area contributed by atoms with Crippen molar-refractivity contribution in [2.45, 2.75) is 24.9 Å². The molecule has 0 amide bonds. The van der Waals surface area contributed by atoms with Gasteiger partial charge in [0.1, 0.15) is 25.2 Å². The van der Waals surface area contributed by atoms with Gasteiger partial charge in [-0.2, -0.15) is 0 Å². The predicted molar refractivity (Wildman–Crippen MR) is 153 cm³/mol. The SMILES string of the molecule is C[N+](C)(CC[N+](C)(C)C(Cc1ccccc1)c1ccccc1)C(Cc1ccccc1)c1ccccc1.[I-].[I-]. The quantitative estimate of drug-likeness (QED) is 0.161. The normalized spacial score (nSPS) is 13.1. The summed E-state index contributed by atoms with van der Waals surface area (Å²) in [5.41, 5.74) is 5.64. The van der Waals surface area contributed by atoms with E-state index < -0.39 is 0 Å². The van der Waals surface area contributed by atoms with Gasteiger partial charge >= 0.3 is 0 Å². The third kappa shape index (κ3) is 8.90. The van der Waals surface area contributed by atoms with E-state index in [1.807, 2.05) is 0 Å². The molecule has 0 aliphatic carbocycles. The summed E-state index contributed by atoms with van der Waals surface area (Å²) >= 11 is 0. The van der Waals surface area contributed by atoms with Crippen molar-refractivity contribution in [3.8, 4) is 0 Å². The van der Waals surface area contributed by atoms with Crippen molar-refractivity contribution in [2.75, 3.05) is 41.3 Å². The molecule has 0 N–H and O–H groups in total. The molecule has 0 aliphatic rings. The van der Waals surface area contributed by atoms with Crippen molar-refractivity contribution >= 4 is 0 Å². The first kappa shape index (κ1) is 32.5. The van der Waals surface area contributed by atoms with Gasteiger partial charge in [0.25, 0.3) is 0 Å². The Morgan fingerprint density at radius 1 is 0.421 bits per heavy atom. The fourth-order valence-electron chi connectivity index (χ4n) is 5.39. The van der Waals surface area contributed by atoms with Crippen LogP contribution in [0.15, 0.2) is 121 Å². The lowest BCUT2D eigenvalue weighted by molar-refractivity contribution is -0.974. The highest BCUT2D eigenvalue weighted by Crippen LogP contribution is 2.32. The molecule has 2 unspecified atom stereocenters. The Kier molecular flexibility index (Phi) is 12.9. The summed E-state index contributed by atoms with van der Waals surface area (Å²) < 4.78 is 1.90. The minimum Gasteiger partial charge on any atom is -1.00 e. The maximum Gasteiger partial charge on any atom is 0.129 e. The van der Waals surface area contributed by atoms with Crippen LogP contribution in [0.1, 0.15) is 34.3 Å². The van der Waals surface area contributed by atoms with Crippen LogP contribution in [0.4, 0.5) is 0 Å². The molecule has 4 aromatic rings. The second-order valence-corrected chi connectivity index (χ2v) is 11.2. The third-order valence-corrected chi connectivity index (χ3v) is 7.85. The maximum atomic E-state index is 2.41. The minimum absolute atomic E-state index is 0. The van der Waals surface area contributed by atoms with Crippen LogP contribution >= 0.6 is 0 Å². The summed E-state index contributed by atoms with van der Waals surface area (Å²) in [7, 11) is 9.65. The average molecular weight is 733 g/mol. The Hall–Kier alpha value is -1.74. The summed E-state index contributed by atoms with van der Waals surface area (Å²) in [5, 5.41) is 0. The zero-order valence-corrected chi connectivity index (χ0v) is 27.5. The average Bonchev–Trinajstić information content (AvgIpc) is 2.91. The Morgan fingerprint density at radius 2 is 0.684 bits per heavy atom. The fourth-order valence-corrected chi connectivity index (χ4v) is 5.39. The van der Waals surface area contributed by atoms with E-state index in [9.17, 15) is 0 Å². The van der Waals surface area contributed by atoms with Crippen molar-refractivity contribution in [3.05, 3.63) is 144 Å². The van der Waals surface area contributed by atoms with Crippen molar-refractivity contribution < 1.29 is 56.9 Å². The molecule has 4 rings (SSSR count). The van der Waals surface area contributed by atoms with E-state index >= 15 is 0 Å². The molecular formula is C34H42I2N2. The Morgan fingerprint density at radius 3 is 0.974 bits per heavy atom. The van der Waals surface area contributed by atoms with Gasteiger partial charge in [0.2, 0.25) is 0 Å². The van der Waals surface area contributed by atoms with Gasteiger partial charge in [-0.3, -0.25) is 0 Å². The first-order chi connectivity index (χ1) is 17.4. The number of benzene rings is 4. The van der Waals surface area contributed by atoms with E-state index in [4.69, 9.17) is 0 Å². The number of hydrogen-bond donors (Lipinski definition) is 0. The van der Waals surface area contributed by atoms with E-state index in [2.05, 4.69) is 150 Å². The number of likely N-dealkylation sites (N-methyl/N-ethyl adjacent to an activating group) is 2. The van der Waals surface area contributed by atoms with E-state index in [1.165, 1.54) is 22.3 Å². The monoisotopic (exact) mass is 732 g/mol. The highest BCUT2D eigenvalue weighted by molar-refractivity contribution is 5.24. The van der Waals surface area contributed by atoms with E-state index in [0.717, 1.165) is 34.9 Å². The molecule has 4 aromatic carbocycles. The molecule has 0 saturated carbocycles. The molecule has 0 spiro atoms. The molecule has 0 aliphatic heterocycles. The van der Waals surface area contributed by atoms with Crippen molar-refractivity contribution in [2.24, 2.45) is 0 Å². The molecular weight excluding hydrogens is 690 g/mol. The molecule has 0 fully saturated rings. The van der Waals surface area contributed by atoms with Crippen LogP contribution in [0.25, 0.3) is 0 Å². The molecule has 202 valence electrons. The van der Waals surface area contributed by atoms with Gasteiger partial charge < -0.3 is 56.9 Å². The second kappa shape index (κ2) is 15.2. The van der Waals surface area contributed by atoms with E-state index in [1.54, 1.807) is 0 Å². The van der Waals surface area contributed by atoms with Gasteiger partial charge in [0.05, 0.1) is 28.2 Å². The van der Waals surface area contributed by atoms with Gasteiger partial charge in [0.15, 0.2) is 0 Å². The molecule has 0 aromatic heterocycles. The number of rotatable bonds is 11.